The zero-order valence-corrected chi connectivity index (χ0v) is 18.1. The summed E-state index contributed by atoms with van der Waals surface area (Å²) < 4.78 is 46.8. The number of hydrogen-bond acceptors (Lipinski definition) is 5. The number of halogens is 1. The quantitative estimate of drug-likeness (QED) is 0.753. The van der Waals surface area contributed by atoms with Crippen molar-refractivity contribution in [3.8, 4) is 5.75 Å². The van der Waals surface area contributed by atoms with E-state index in [2.05, 4.69) is 5.32 Å². The Morgan fingerprint density at radius 2 is 1.80 bits per heavy atom. The van der Waals surface area contributed by atoms with Gasteiger partial charge in [-0.2, -0.15) is 4.31 Å². The lowest BCUT2D eigenvalue weighted by atomic mass is 10.1. The minimum atomic E-state index is -3.67. The van der Waals surface area contributed by atoms with Gasteiger partial charge in [-0.05, 0) is 43.2 Å². The van der Waals surface area contributed by atoms with E-state index in [1.54, 1.807) is 25.1 Å². The molecule has 0 saturated carbocycles. The van der Waals surface area contributed by atoms with Crippen LogP contribution in [-0.2, 0) is 10.0 Å². The van der Waals surface area contributed by atoms with E-state index in [1.807, 2.05) is 0 Å². The maximum absolute atomic E-state index is 14.3. The summed E-state index contributed by atoms with van der Waals surface area (Å²) in [5.41, 5.74) is 0.734. The van der Waals surface area contributed by atoms with E-state index in [1.165, 1.54) is 35.7 Å². The highest BCUT2D eigenvalue weighted by Gasteiger charge is 2.27. The lowest BCUT2D eigenvalue weighted by Crippen LogP contribution is -2.35. The summed E-state index contributed by atoms with van der Waals surface area (Å²) in [6.07, 6.45) is 2.67. The van der Waals surface area contributed by atoms with Crippen LogP contribution >= 0.6 is 0 Å². The minimum absolute atomic E-state index is 0.0977. The number of ether oxygens (including phenoxy) is 1. The van der Waals surface area contributed by atoms with Crippen LogP contribution in [0.5, 0.6) is 5.75 Å². The predicted molar refractivity (Wildman–Crippen MR) is 114 cm³/mol. The molecule has 0 spiro atoms. The first-order chi connectivity index (χ1) is 14.2. The van der Waals surface area contributed by atoms with Crippen LogP contribution in [0.3, 0.4) is 0 Å². The molecule has 2 aromatic rings. The highest BCUT2D eigenvalue weighted by molar-refractivity contribution is 7.89. The number of nitrogens with one attached hydrogen (secondary N) is 1. The first kappa shape index (κ1) is 22.0. The Bertz CT molecular complexity index is 1030. The van der Waals surface area contributed by atoms with Crippen LogP contribution in [0.15, 0.2) is 41.3 Å². The van der Waals surface area contributed by atoms with Crippen LogP contribution in [0.4, 0.5) is 15.8 Å². The molecule has 0 radical (unpaired) electrons. The number of nitrogens with zero attached hydrogens (tertiary/aromatic N) is 2. The summed E-state index contributed by atoms with van der Waals surface area (Å²) in [6.45, 7) is 0.965. The molecule has 0 aliphatic carbocycles. The first-order valence-electron chi connectivity index (χ1n) is 9.70. The van der Waals surface area contributed by atoms with E-state index in [-0.39, 0.29) is 10.5 Å². The van der Waals surface area contributed by atoms with E-state index in [0.29, 0.717) is 30.2 Å². The highest BCUT2D eigenvalue weighted by Crippen LogP contribution is 2.30. The standard InChI is InChI=1S/C21H26FN3O4S/c1-24(2)20-10-8-16(30(27,28)25-11-5-4-6-12-25)14-19(20)23-21(26)17-9-7-15(29-3)13-18(17)22/h7-10,13-14H,4-6,11-12H2,1-3H3,(H,23,26). The molecule has 1 fully saturated rings. The van der Waals surface area contributed by atoms with Gasteiger partial charge in [0, 0.05) is 33.3 Å². The highest BCUT2D eigenvalue weighted by atomic mass is 32.2. The summed E-state index contributed by atoms with van der Waals surface area (Å²) in [5.74, 6) is -1.10. The molecular weight excluding hydrogens is 409 g/mol. The monoisotopic (exact) mass is 435 g/mol. The van der Waals surface area contributed by atoms with Crippen molar-refractivity contribution in [1.82, 2.24) is 4.31 Å². The fourth-order valence-electron chi connectivity index (χ4n) is 3.42. The summed E-state index contributed by atoms with van der Waals surface area (Å²) in [5, 5.41) is 2.66. The van der Waals surface area contributed by atoms with Crippen LogP contribution < -0.4 is 15.0 Å². The molecule has 1 amide bonds. The third-order valence-electron chi connectivity index (χ3n) is 5.07. The number of methoxy groups -OCH3 is 1. The molecule has 7 nitrogen and oxygen atoms in total. The fraction of sp³-hybridized carbons (Fsp3) is 0.381. The third-order valence-corrected chi connectivity index (χ3v) is 6.97. The Morgan fingerprint density at radius 3 is 2.40 bits per heavy atom. The number of rotatable bonds is 6. The van der Waals surface area contributed by atoms with Gasteiger partial charge in [0.05, 0.1) is 28.9 Å². The molecule has 2 aromatic carbocycles. The molecule has 30 heavy (non-hydrogen) atoms. The van der Waals surface area contributed by atoms with Crippen molar-refractivity contribution in [3.63, 3.8) is 0 Å². The van der Waals surface area contributed by atoms with Crippen LogP contribution in [-0.4, -0.2) is 52.9 Å². The van der Waals surface area contributed by atoms with Crippen LogP contribution in [0.25, 0.3) is 0 Å². The topological polar surface area (TPSA) is 78.9 Å². The molecule has 1 saturated heterocycles. The molecule has 1 heterocycles. The SMILES string of the molecule is COc1ccc(C(=O)Nc2cc(S(=O)(=O)N3CCCCC3)ccc2N(C)C)c(F)c1. The second-order valence-corrected chi connectivity index (χ2v) is 9.28. The molecule has 0 unspecified atom stereocenters. The second kappa shape index (κ2) is 9.01. The molecule has 1 N–H and O–H groups in total. The minimum Gasteiger partial charge on any atom is -0.497 e. The van der Waals surface area contributed by atoms with Gasteiger partial charge in [0.2, 0.25) is 10.0 Å². The number of anilines is 2. The molecule has 162 valence electrons. The van der Waals surface area contributed by atoms with Crippen LogP contribution in [0.2, 0.25) is 0 Å². The van der Waals surface area contributed by atoms with Crippen molar-refractivity contribution in [2.24, 2.45) is 0 Å². The third kappa shape index (κ3) is 4.57. The number of sulfonamides is 1. The largest absolute Gasteiger partial charge is 0.497 e. The van der Waals surface area contributed by atoms with Gasteiger partial charge in [0.1, 0.15) is 11.6 Å². The van der Waals surface area contributed by atoms with Crippen molar-refractivity contribution in [2.75, 3.05) is 44.5 Å². The van der Waals surface area contributed by atoms with Crippen LogP contribution in [0, 0.1) is 5.82 Å². The van der Waals surface area contributed by atoms with E-state index < -0.39 is 21.7 Å². The smallest absolute Gasteiger partial charge is 0.258 e. The summed E-state index contributed by atoms with van der Waals surface area (Å²) in [7, 11) is 1.29. The zero-order chi connectivity index (χ0) is 21.9. The number of benzene rings is 2. The van der Waals surface area contributed by atoms with Gasteiger partial charge >= 0.3 is 0 Å². The van der Waals surface area contributed by atoms with E-state index in [0.717, 1.165) is 25.3 Å². The number of carbonyl (C=O) groups is 1. The number of piperidine rings is 1. The Morgan fingerprint density at radius 1 is 1.10 bits per heavy atom. The van der Waals surface area contributed by atoms with E-state index in [4.69, 9.17) is 4.74 Å². The average Bonchev–Trinajstić information content (AvgIpc) is 2.73. The Hall–Kier alpha value is -2.65. The Balaban J connectivity index is 1.94. The summed E-state index contributed by atoms with van der Waals surface area (Å²) >= 11 is 0. The van der Waals surface area contributed by atoms with E-state index >= 15 is 0 Å². The van der Waals surface area contributed by atoms with Crippen molar-refractivity contribution in [2.45, 2.75) is 24.2 Å². The predicted octanol–water partition coefficient (Wildman–Crippen LogP) is 3.33. The van der Waals surface area contributed by atoms with Crippen molar-refractivity contribution >= 4 is 27.3 Å². The molecule has 3 rings (SSSR count). The molecular formula is C21H26FN3O4S. The van der Waals surface area contributed by atoms with Gasteiger partial charge in [-0.15, -0.1) is 0 Å². The second-order valence-electron chi connectivity index (χ2n) is 7.34. The number of amides is 1. The lowest BCUT2D eigenvalue weighted by Gasteiger charge is -2.26. The summed E-state index contributed by atoms with van der Waals surface area (Å²) in [6, 6.07) is 8.53. The molecule has 1 aliphatic rings. The molecule has 0 bridgehead atoms. The maximum Gasteiger partial charge on any atom is 0.258 e. The molecule has 0 atom stereocenters. The van der Waals surface area contributed by atoms with Crippen molar-refractivity contribution in [3.05, 3.63) is 47.8 Å². The van der Waals surface area contributed by atoms with Crippen molar-refractivity contribution in [1.29, 1.82) is 0 Å². The number of hydrogen-bond donors (Lipinski definition) is 1. The lowest BCUT2D eigenvalue weighted by molar-refractivity contribution is 0.102. The molecule has 1 aliphatic heterocycles. The normalized spacial score (nSPS) is 14.9. The maximum atomic E-state index is 14.3. The summed E-state index contributed by atoms with van der Waals surface area (Å²) in [4.78, 5) is 14.5. The Kier molecular flexibility index (Phi) is 6.62. The van der Waals surface area contributed by atoms with Gasteiger partial charge in [-0.1, -0.05) is 6.42 Å². The Labute approximate surface area is 176 Å². The molecule has 0 aromatic heterocycles. The fourth-order valence-corrected chi connectivity index (χ4v) is 4.96. The van der Waals surface area contributed by atoms with E-state index in [9.17, 15) is 17.6 Å². The molecule has 9 heteroatoms. The van der Waals surface area contributed by atoms with Gasteiger partial charge < -0.3 is 15.0 Å². The van der Waals surface area contributed by atoms with Crippen molar-refractivity contribution < 1.29 is 22.3 Å². The number of carbonyl (C=O) groups excluding carboxylic acids is 1. The van der Waals surface area contributed by atoms with Crippen LogP contribution in [0.1, 0.15) is 29.6 Å². The van der Waals surface area contributed by atoms with Gasteiger partial charge in [0.15, 0.2) is 0 Å². The zero-order valence-electron chi connectivity index (χ0n) is 17.3. The van der Waals surface area contributed by atoms with Gasteiger partial charge in [-0.3, -0.25) is 4.79 Å². The first-order valence-corrected chi connectivity index (χ1v) is 11.1. The average molecular weight is 436 g/mol. The van der Waals surface area contributed by atoms with Gasteiger partial charge in [0.25, 0.3) is 5.91 Å². The van der Waals surface area contributed by atoms with Gasteiger partial charge in [-0.25, -0.2) is 12.8 Å².